The molecule has 2 nitrogen and oxygen atoms in total. The van der Waals surface area contributed by atoms with Gasteiger partial charge in [0.15, 0.2) is 0 Å². The number of nitrogens with one attached hydrogen (secondary N) is 1. The molecular weight excluding hydrogens is 182 g/mol. The van der Waals surface area contributed by atoms with Gasteiger partial charge in [-0.15, -0.1) is 11.3 Å². The maximum atomic E-state index is 11.6. The average Bonchev–Trinajstić information content (AvgIpc) is 2.55. The maximum Gasteiger partial charge on any atom is 0.231 e. The quantitative estimate of drug-likeness (QED) is 0.718. The summed E-state index contributed by atoms with van der Waals surface area (Å²) < 4.78 is 0. The number of aryl methyl sites for hydroxylation is 1. The van der Waals surface area contributed by atoms with Gasteiger partial charge in [-0.2, -0.15) is 0 Å². The molecule has 1 amide bonds. The third kappa shape index (κ3) is 0.804. The summed E-state index contributed by atoms with van der Waals surface area (Å²) in [6, 6.07) is 2.16. The molecule has 0 radical (unpaired) electrons. The lowest BCUT2D eigenvalue weighted by Gasteiger charge is -2.06. The highest BCUT2D eigenvalue weighted by Gasteiger charge is 2.65. The smallest absolute Gasteiger partial charge is 0.231 e. The Morgan fingerprint density at radius 1 is 1.69 bits per heavy atom. The summed E-state index contributed by atoms with van der Waals surface area (Å²) in [5.74, 6) is 0.831. The molecule has 1 saturated carbocycles. The van der Waals surface area contributed by atoms with Crippen molar-refractivity contribution in [3.05, 3.63) is 21.9 Å². The Bertz CT molecular complexity index is 384. The first-order valence-electron chi connectivity index (χ1n) is 4.57. The van der Waals surface area contributed by atoms with Crippen LogP contribution in [0.1, 0.15) is 16.9 Å². The molecule has 0 spiro atoms. The van der Waals surface area contributed by atoms with Crippen molar-refractivity contribution in [1.29, 1.82) is 0 Å². The van der Waals surface area contributed by atoms with Gasteiger partial charge in [-0.3, -0.25) is 4.79 Å². The fourth-order valence-electron chi connectivity index (χ4n) is 2.31. The molecule has 2 atom stereocenters. The molecule has 1 aromatic heterocycles. The summed E-state index contributed by atoms with van der Waals surface area (Å²) in [4.78, 5) is 12.9. The van der Waals surface area contributed by atoms with Crippen LogP contribution in [-0.4, -0.2) is 12.5 Å². The number of carbonyl (C=O) groups is 1. The van der Waals surface area contributed by atoms with Gasteiger partial charge in [0, 0.05) is 11.4 Å². The molecule has 0 bridgehead atoms. The zero-order chi connectivity index (χ0) is 9.05. The van der Waals surface area contributed by atoms with Crippen LogP contribution in [-0.2, 0) is 10.2 Å². The lowest BCUT2D eigenvalue weighted by Crippen LogP contribution is -2.27. The van der Waals surface area contributed by atoms with E-state index in [4.69, 9.17) is 0 Å². The van der Waals surface area contributed by atoms with Crippen LogP contribution in [0.4, 0.5) is 0 Å². The van der Waals surface area contributed by atoms with Gasteiger partial charge in [0.2, 0.25) is 5.91 Å². The zero-order valence-electron chi connectivity index (χ0n) is 7.46. The fraction of sp³-hybridized carbons (Fsp3) is 0.500. The van der Waals surface area contributed by atoms with Gasteiger partial charge in [-0.05, 0) is 36.3 Å². The van der Waals surface area contributed by atoms with Crippen LogP contribution in [0.5, 0.6) is 0 Å². The summed E-state index contributed by atoms with van der Waals surface area (Å²) in [6.45, 7) is 2.97. The number of amides is 1. The van der Waals surface area contributed by atoms with Crippen LogP contribution in [0.25, 0.3) is 0 Å². The molecule has 0 aromatic carbocycles. The summed E-state index contributed by atoms with van der Waals surface area (Å²) in [5.41, 5.74) is 1.18. The SMILES string of the molecule is Cc1csc([C@@]23C[C@@H]2CNC3=O)c1. The number of piperidine rings is 1. The Labute approximate surface area is 81.0 Å². The maximum absolute atomic E-state index is 11.6. The van der Waals surface area contributed by atoms with Crippen LogP contribution in [0, 0.1) is 12.8 Å². The fourth-order valence-corrected chi connectivity index (χ4v) is 3.49. The molecule has 13 heavy (non-hydrogen) atoms. The van der Waals surface area contributed by atoms with Crippen molar-refractivity contribution in [3.63, 3.8) is 0 Å². The largest absolute Gasteiger partial charge is 0.355 e. The van der Waals surface area contributed by atoms with Crippen LogP contribution in [0.3, 0.4) is 0 Å². The predicted octanol–water partition coefficient (Wildman–Crippen LogP) is 1.44. The molecule has 1 saturated heterocycles. The van der Waals surface area contributed by atoms with E-state index in [9.17, 15) is 4.79 Å². The molecule has 1 N–H and O–H groups in total. The van der Waals surface area contributed by atoms with Gasteiger partial charge in [-0.1, -0.05) is 0 Å². The second-order valence-electron chi connectivity index (χ2n) is 4.07. The van der Waals surface area contributed by atoms with Crippen LogP contribution in [0.2, 0.25) is 0 Å². The summed E-state index contributed by atoms with van der Waals surface area (Å²) >= 11 is 1.73. The third-order valence-corrected chi connectivity index (χ3v) is 4.42. The van der Waals surface area contributed by atoms with Crippen molar-refractivity contribution in [2.75, 3.05) is 6.54 Å². The molecule has 1 aliphatic carbocycles. The van der Waals surface area contributed by atoms with E-state index in [0.717, 1.165) is 13.0 Å². The van der Waals surface area contributed by atoms with E-state index in [-0.39, 0.29) is 11.3 Å². The molecule has 2 aliphatic rings. The highest BCUT2D eigenvalue weighted by Crippen LogP contribution is 2.58. The molecule has 68 valence electrons. The lowest BCUT2D eigenvalue weighted by molar-refractivity contribution is -0.121. The number of rotatable bonds is 1. The van der Waals surface area contributed by atoms with E-state index in [1.165, 1.54) is 10.4 Å². The normalized spacial score (nSPS) is 35.8. The molecule has 2 heterocycles. The van der Waals surface area contributed by atoms with E-state index in [1.807, 2.05) is 0 Å². The monoisotopic (exact) mass is 193 g/mol. The molecule has 0 unspecified atom stereocenters. The molecule has 1 aromatic rings. The number of thiophene rings is 1. The Hall–Kier alpha value is -0.830. The molecule has 2 fully saturated rings. The Balaban J connectivity index is 2.06. The van der Waals surface area contributed by atoms with Crippen molar-refractivity contribution >= 4 is 17.2 Å². The Kier molecular flexibility index (Phi) is 1.25. The first-order chi connectivity index (χ1) is 6.23. The van der Waals surface area contributed by atoms with Gasteiger partial charge in [0.05, 0.1) is 5.41 Å². The van der Waals surface area contributed by atoms with E-state index >= 15 is 0 Å². The highest BCUT2D eigenvalue weighted by molar-refractivity contribution is 7.10. The van der Waals surface area contributed by atoms with Crippen molar-refractivity contribution in [2.45, 2.75) is 18.8 Å². The molecule has 3 rings (SSSR count). The summed E-state index contributed by atoms with van der Waals surface area (Å²) in [6.07, 6.45) is 1.07. The minimum atomic E-state index is -0.0983. The van der Waals surface area contributed by atoms with Crippen molar-refractivity contribution in [3.8, 4) is 0 Å². The summed E-state index contributed by atoms with van der Waals surface area (Å²) in [5, 5.41) is 5.07. The zero-order valence-corrected chi connectivity index (χ0v) is 8.28. The third-order valence-electron chi connectivity index (χ3n) is 3.19. The number of fused-ring (bicyclic) bond motifs is 1. The Morgan fingerprint density at radius 3 is 3.00 bits per heavy atom. The van der Waals surface area contributed by atoms with Gasteiger partial charge < -0.3 is 5.32 Å². The topological polar surface area (TPSA) is 29.1 Å². The van der Waals surface area contributed by atoms with Crippen molar-refractivity contribution in [2.24, 2.45) is 5.92 Å². The van der Waals surface area contributed by atoms with E-state index < -0.39 is 0 Å². The van der Waals surface area contributed by atoms with E-state index in [0.29, 0.717) is 5.92 Å². The summed E-state index contributed by atoms with van der Waals surface area (Å²) in [7, 11) is 0. The van der Waals surface area contributed by atoms with E-state index in [2.05, 4.69) is 23.7 Å². The van der Waals surface area contributed by atoms with Crippen molar-refractivity contribution < 1.29 is 4.79 Å². The number of carbonyl (C=O) groups excluding carboxylic acids is 1. The van der Waals surface area contributed by atoms with E-state index in [1.54, 1.807) is 11.3 Å². The number of hydrogen-bond donors (Lipinski definition) is 1. The number of hydrogen-bond acceptors (Lipinski definition) is 2. The second kappa shape index (κ2) is 2.15. The second-order valence-corrected chi connectivity index (χ2v) is 4.98. The van der Waals surface area contributed by atoms with Gasteiger partial charge in [-0.25, -0.2) is 0 Å². The van der Waals surface area contributed by atoms with Crippen molar-refractivity contribution in [1.82, 2.24) is 5.32 Å². The average molecular weight is 193 g/mol. The molecule has 1 aliphatic heterocycles. The minimum Gasteiger partial charge on any atom is -0.355 e. The minimum absolute atomic E-state index is 0.0983. The van der Waals surface area contributed by atoms with Crippen LogP contribution in [0.15, 0.2) is 11.4 Å². The van der Waals surface area contributed by atoms with Crippen LogP contribution >= 0.6 is 11.3 Å². The standard InChI is InChI=1S/C10H11NOS/c1-6-2-8(13-5-6)10-3-7(10)4-11-9(10)12/h2,5,7H,3-4H2,1H3,(H,11,12)/t7-,10-/m1/s1. The van der Waals surface area contributed by atoms with Crippen LogP contribution < -0.4 is 5.32 Å². The lowest BCUT2D eigenvalue weighted by atomic mass is 10.0. The predicted molar refractivity (Wildman–Crippen MR) is 51.9 cm³/mol. The van der Waals surface area contributed by atoms with Gasteiger partial charge in [0.25, 0.3) is 0 Å². The Morgan fingerprint density at radius 2 is 2.54 bits per heavy atom. The molecule has 3 heteroatoms. The first-order valence-corrected chi connectivity index (χ1v) is 5.45. The first kappa shape index (κ1) is 7.56. The highest BCUT2D eigenvalue weighted by atomic mass is 32.1. The molecular formula is C10H11NOS. The van der Waals surface area contributed by atoms with Gasteiger partial charge in [0.1, 0.15) is 0 Å². The van der Waals surface area contributed by atoms with Gasteiger partial charge >= 0.3 is 0 Å².